The number of benzene rings is 1. The minimum Gasteiger partial charge on any atom is -0.468 e. The molecule has 0 radical (unpaired) electrons. The van der Waals surface area contributed by atoms with E-state index in [9.17, 15) is 4.79 Å². The number of imidazole rings is 1. The summed E-state index contributed by atoms with van der Waals surface area (Å²) >= 11 is 0. The number of nitrogens with zero attached hydrogens (tertiary/aromatic N) is 3. The first-order chi connectivity index (χ1) is 9.72. The third kappa shape index (κ3) is 1.91. The number of methoxy groups -OCH3 is 1. The van der Waals surface area contributed by atoms with Gasteiger partial charge in [-0.3, -0.25) is 4.79 Å². The first-order valence-corrected chi connectivity index (χ1v) is 6.43. The Labute approximate surface area is 116 Å². The summed E-state index contributed by atoms with van der Waals surface area (Å²) in [4.78, 5) is 20.8. The Morgan fingerprint density at radius 1 is 1.30 bits per heavy atom. The molecule has 1 aliphatic heterocycles. The topological polar surface area (TPSA) is 56.5 Å². The second-order valence-corrected chi connectivity index (χ2v) is 4.74. The molecule has 2 aromatic rings. The van der Waals surface area contributed by atoms with Gasteiger partial charge in [0.2, 0.25) is 5.95 Å². The Morgan fingerprint density at radius 3 is 2.75 bits per heavy atom. The maximum Gasteiger partial charge on any atom is 0.316 e. The number of rotatable bonds is 2. The Kier molecular flexibility index (Phi) is 3.10. The van der Waals surface area contributed by atoms with Crippen molar-refractivity contribution < 1.29 is 9.53 Å². The van der Waals surface area contributed by atoms with E-state index >= 15 is 0 Å². The summed E-state index contributed by atoms with van der Waals surface area (Å²) in [5.41, 5.74) is 1.76. The minimum atomic E-state index is -0.427. The molecule has 20 heavy (non-hydrogen) atoms. The summed E-state index contributed by atoms with van der Waals surface area (Å²) in [6.07, 6.45) is 3.54. The van der Waals surface area contributed by atoms with Crippen molar-refractivity contribution in [2.24, 2.45) is 10.9 Å². The average molecular weight is 269 g/mol. The summed E-state index contributed by atoms with van der Waals surface area (Å²) in [7, 11) is 1.40. The molecule has 0 N–H and O–H groups in total. The molecule has 0 fully saturated rings. The van der Waals surface area contributed by atoms with E-state index in [4.69, 9.17) is 4.74 Å². The molecule has 1 aromatic carbocycles. The molecule has 0 spiro atoms. The second kappa shape index (κ2) is 4.92. The molecule has 0 saturated heterocycles. The quantitative estimate of drug-likeness (QED) is 0.786. The summed E-state index contributed by atoms with van der Waals surface area (Å²) < 4.78 is 6.87. The third-order valence-electron chi connectivity index (χ3n) is 3.59. The lowest BCUT2D eigenvalue weighted by Crippen LogP contribution is -2.35. The zero-order valence-corrected chi connectivity index (χ0v) is 11.4. The zero-order valence-electron chi connectivity index (χ0n) is 11.4. The van der Waals surface area contributed by atoms with E-state index in [0.717, 1.165) is 11.3 Å². The highest BCUT2D eigenvalue weighted by molar-refractivity contribution is 6.03. The fourth-order valence-electron chi connectivity index (χ4n) is 2.65. The van der Waals surface area contributed by atoms with E-state index < -0.39 is 5.92 Å². The standard InChI is InChI=1S/C15H15N3O2/c1-10-12(14(19)20-2)13(11-6-4-3-5-7-11)18-9-8-16-15(18)17-10/h3-9,12-13H,1-2H3. The molecule has 3 rings (SSSR count). The van der Waals surface area contributed by atoms with Crippen LogP contribution in [0.5, 0.6) is 0 Å². The second-order valence-electron chi connectivity index (χ2n) is 4.74. The third-order valence-corrected chi connectivity index (χ3v) is 3.59. The molecule has 2 heterocycles. The van der Waals surface area contributed by atoms with Crippen LogP contribution in [-0.2, 0) is 9.53 Å². The van der Waals surface area contributed by atoms with Gasteiger partial charge in [-0.2, -0.15) is 0 Å². The van der Waals surface area contributed by atoms with Crippen LogP contribution in [0.1, 0.15) is 18.5 Å². The Balaban J connectivity index is 2.16. The van der Waals surface area contributed by atoms with Crippen LogP contribution < -0.4 is 0 Å². The van der Waals surface area contributed by atoms with Crippen molar-refractivity contribution in [3.05, 3.63) is 48.3 Å². The number of hydrogen-bond acceptors (Lipinski definition) is 4. The lowest BCUT2D eigenvalue weighted by atomic mass is 9.88. The smallest absolute Gasteiger partial charge is 0.316 e. The predicted octanol–water partition coefficient (Wildman–Crippen LogP) is 2.37. The van der Waals surface area contributed by atoms with Gasteiger partial charge in [0.15, 0.2) is 0 Å². The molecule has 0 amide bonds. The largest absolute Gasteiger partial charge is 0.468 e. The number of carbonyl (C=O) groups is 1. The highest BCUT2D eigenvalue weighted by Crippen LogP contribution is 2.36. The van der Waals surface area contributed by atoms with E-state index in [1.54, 1.807) is 6.20 Å². The van der Waals surface area contributed by atoms with Gasteiger partial charge in [0.25, 0.3) is 0 Å². The first kappa shape index (κ1) is 12.6. The monoisotopic (exact) mass is 269 g/mol. The van der Waals surface area contributed by atoms with Gasteiger partial charge in [0.1, 0.15) is 5.92 Å². The molecular weight excluding hydrogens is 254 g/mol. The van der Waals surface area contributed by atoms with E-state index in [-0.39, 0.29) is 12.0 Å². The number of esters is 1. The van der Waals surface area contributed by atoms with Gasteiger partial charge in [-0.05, 0) is 12.5 Å². The minimum absolute atomic E-state index is 0.168. The Morgan fingerprint density at radius 2 is 2.05 bits per heavy atom. The van der Waals surface area contributed by atoms with Crippen LogP contribution in [0.3, 0.4) is 0 Å². The van der Waals surface area contributed by atoms with E-state index in [0.29, 0.717) is 5.95 Å². The van der Waals surface area contributed by atoms with Gasteiger partial charge in [0, 0.05) is 18.1 Å². The van der Waals surface area contributed by atoms with Crippen LogP contribution in [0.25, 0.3) is 0 Å². The van der Waals surface area contributed by atoms with Crippen molar-refractivity contribution >= 4 is 17.6 Å². The first-order valence-electron chi connectivity index (χ1n) is 6.43. The molecule has 0 saturated carbocycles. The molecule has 1 aromatic heterocycles. The Bertz CT molecular complexity index is 661. The number of carbonyl (C=O) groups excluding carboxylic acids is 1. The number of fused-ring (bicyclic) bond motifs is 1. The molecule has 5 nitrogen and oxygen atoms in total. The van der Waals surface area contributed by atoms with Crippen LogP contribution in [0, 0.1) is 5.92 Å². The van der Waals surface area contributed by atoms with Gasteiger partial charge in [-0.25, -0.2) is 9.98 Å². The summed E-state index contributed by atoms with van der Waals surface area (Å²) in [5, 5.41) is 0. The number of aromatic nitrogens is 2. The Hall–Kier alpha value is -2.43. The predicted molar refractivity (Wildman–Crippen MR) is 75.1 cm³/mol. The van der Waals surface area contributed by atoms with Crippen LogP contribution in [0.2, 0.25) is 0 Å². The summed E-state index contributed by atoms with van der Waals surface area (Å²) in [6, 6.07) is 9.71. The van der Waals surface area contributed by atoms with E-state index in [2.05, 4.69) is 9.98 Å². The molecule has 1 aliphatic rings. The van der Waals surface area contributed by atoms with Crippen molar-refractivity contribution in [2.45, 2.75) is 13.0 Å². The molecule has 5 heteroatoms. The highest BCUT2D eigenvalue weighted by atomic mass is 16.5. The maximum atomic E-state index is 12.2. The molecule has 2 atom stereocenters. The van der Waals surface area contributed by atoms with Gasteiger partial charge < -0.3 is 9.30 Å². The van der Waals surface area contributed by atoms with E-state index in [1.807, 2.05) is 48.0 Å². The normalized spacial score (nSPS) is 21.0. The molecule has 2 unspecified atom stereocenters. The fourth-order valence-corrected chi connectivity index (χ4v) is 2.65. The highest BCUT2D eigenvalue weighted by Gasteiger charge is 2.38. The molecule has 0 bridgehead atoms. The van der Waals surface area contributed by atoms with Crippen LogP contribution in [0.4, 0.5) is 5.95 Å². The summed E-state index contributed by atoms with van der Waals surface area (Å²) in [5.74, 6) is -0.0833. The van der Waals surface area contributed by atoms with Crippen LogP contribution >= 0.6 is 0 Å². The van der Waals surface area contributed by atoms with Crippen LogP contribution in [-0.4, -0.2) is 28.3 Å². The average Bonchev–Trinajstić information content (AvgIpc) is 2.93. The maximum absolute atomic E-state index is 12.2. The number of aliphatic imine (C=N–C) groups is 1. The summed E-state index contributed by atoms with van der Waals surface area (Å²) in [6.45, 7) is 1.84. The zero-order chi connectivity index (χ0) is 14.1. The van der Waals surface area contributed by atoms with Crippen molar-refractivity contribution in [3.8, 4) is 0 Å². The number of hydrogen-bond donors (Lipinski definition) is 0. The molecule has 102 valence electrons. The fraction of sp³-hybridized carbons (Fsp3) is 0.267. The lowest BCUT2D eigenvalue weighted by Gasteiger charge is -2.30. The van der Waals surface area contributed by atoms with Crippen molar-refractivity contribution in [1.29, 1.82) is 0 Å². The molecule has 0 aliphatic carbocycles. The SMILES string of the molecule is COC(=O)C1C(C)=Nc2nccn2C1c1ccccc1. The lowest BCUT2D eigenvalue weighted by molar-refractivity contribution is -0.144. The van der Waals surface area contributed by atoms with Gasteiger partial charge in [-0.1, -0.05) is 30.3 Å². The number of ether oxygens (including phenoxy) is 1. The van der Waals surface area contributed by atoms with E-state index in [1.165, 1.54) is 7.11 Å². The molecular formula is C15H15N3O2. The van der Waals surface area contributed by atoms with Crippen LogP contribution in [0.15, 0.2) is 47.7 Å². The van der Waals surface area contributed by atoms with Gasteiger partial charge in [0.05, 0.1) is 13.2 Å². The van der Waals surface area contributed by atoms with Crippen molar-refractivity contribution in [3.63, 3.8) is 0 Å². The van der Waals surface area contributed by atoms with Crippen molar-refractivity contribution in [1.82, 2.24) is 9.55 Å². The van der Waals surface area contributed by atoms with Gasteiger partial charge >= 0.3 is 5.97 Å². The van der Waals surface area contributed by atoms with Gasteiger partial charge in [-0.15, -0.1) is 0 Å². The van der Waals surface area contributed by atoms with Crippen molar-refractivity contribution in [2.75, 3.05) is 7.11 Å².